The van der Waals surface area contributed by atoms with Gasteiger partial charge in [-0.2, -0.15) is 0 Å². The molecule has 1 aromatic heterocycles. The lowest BCUT2D eigenvalue weighted by atomic mass is 10.0. The fourth-order valence-electron chi connectivity index (χ4n) is 1.83. The van der Waals surface area contributed by atoms with Gasteiger partial charge in [-0.15, -0.1) is 11.3 Å². The molecule has 0 aromatic carbocycles. The number of nitrogens with one attached hydrogen (secondary N) is 1. The molecule has 1 aromatic rings. The van der Waals surface area contributed by atoms with Gasteiger partial charge in [0.25, 0.3) is 0 Å². The van der Waals surface area contributed by atoms with Crippen molar-refractivity contribution in [3.8, 4) is 0 Å². The molecule has 0 amide bonds. The summed E-state index contributed by atoms with van der Waals surface area (Å²) < 4.78 is 1.17. The Kier molecular flexibility index (Phi) is 3.83. The fraction of sp³-hybridized carbons (Fsp3) is 0.636. The molecule has 0 atom stereocenters. The third-order valence-corrected chi connectivity index (χ3v) is 4.72. The van der Waals surface area contributed by atoms with E-state index < -0.39 is 0 Å². The van der Waals surface area contributed by atoms with Crippen molar-refractivity contribution in [3.05, 3.63) is 20.8 Å². The molecule has 1 heterocycles. The monoisotopic (exact) mass is 289 g/mol. The summed E-state index contributed by atoms with van der Waals surface area (Å²) in [5.74, 6) is 0. The van der Waals surface area contributed by atoms with Gasteiger partial charge >= 0.3 is 0 Å². The Morgan fingerprint density at radius 3 is 2.87 bits per heavy atom. The number of hydrogen-bond acceptors (Lipinski definition) is 3. The Morgan fingerprint density at radius 1 is 1.53 bits per heavy atom. The average Bonchev–Trinajstić information content (AvgIpc) is 2.83. The smallest absolute Gasteiger partial charge is 0.0436 e. The normalized spacial score (nSPS) is 18.0. The maximum Gasteiger partial charge on any atom is 0.0436 e. The van der Waals surface area contributed by atoms with Crippen molar-refractivity contribution < 1.29 is 5.11 Å². The average molecular weight is 290 g/mol. The van der Waals surface area contributed by atoms with Gasteiger partial charge < -0.3 is 10.4 Å². The molecule has 0 unspecified atom stereocenters. The standard InChI is InChI=1S/C11H16BrNOS/c12-9-5-10(15-7-9)6-13-8-11(1-2-11)3-4-14/h5,7,13-14H,1-4,6,8H2. The molecule has 1 fully saturated rings. The van der Waals surface area contributed by atoms with Crippen molar-refractivity contribution in [2.24, 2.45) is 5.41 Å². The molecule has 84 valence electrons. The highest BCUT2D eigenvalue weighted by Crippen LogP contribution is 2.47. The van der Waals surface area contributed by atoms with E-state index in [9.17, 15) is 0 Å². The van der Waals surface area contributed by atoms with Gasteiger partial charge in [-0.3, -0.25) is 0 Å². The Morgan fingerprint density at radius 2 is 2.33 bits per heavy atom. The molecule has 0 bridgehead atoms. The highest BCUT2D eigenvalue weighted by molar-refractivity contribution is 9.10. The minimum atomic E-state index is 0.326. The number of thiophene rings is 1. The zero-order chi connectivity index (χ0) is 10.7. The van der Waals surface area contributed by atoms with E-state index in [-0.39, 0.29) is 0 Å². The van der Waals surface area contributed by atoms with Crippen LogP contribution < -0.4 is 5.32 Å². The van der Waals surface area contributed by atoms with Crippen LogP contribution in [-0.2, 0) is 6.54 Å². The van der Waals surface area contributed by atoms with Crippen LogP contribution in [0.4, 0.5) is 0 Å². The van der Waals surface area contributed by atoms with Crippen LogP contribution in [0.2, 0.25) is 0 Å². The lowest BCUT2D eigenvalue weighted by Crippen LogP contribution is -2.24. The van der Waals surface area contributed by atoms with Crippen LogP contribution in [-0.4, -0.2) is 18.3 Å². The van der Waals surface area contributed by atoms with E-state index in [0.29, 0.717) is 12.0 Å². The number of rotatable bonds is 6. The van der Waals surface area contributed by atoms with Crippen molar-refractivity contribution in [2.45, 2.75) is 25.8 Å². The van der Waals surface area contributed by atoms with Gasteiger partial charge in [-0.1, -0.05) is 0 Å². The molecule has 2 N–H and O–H groups in total. The van der Waals surface area contributed by atoms with Crippen molar-refractivity contribution in [1.29, 1.82) is 0 Å². The third kappa shape index (κ3) is 3.28. The summed E-state index contributed by atoms with van der Waals surface area (Å²) in [7, 11) is 0. The second kappa shape index (κ2) is 4.95. The first-order valence-corrected chi connectivity index (χ1v) is 6.96. The molecule has 1 aliphatic rings. The van der Waals surface area contributed by atoms with Crippen LogP contribution in [0.15, 0.2) is 15.9 Å². The molecular formula is C11H16BrNOS. The maximum absolute atomic E-state index is 8.93. The van der Waals surface area contributed by atoms with Crippen molar-refractivity contribution >= 4 is 27.3 Å². The van der Waals surface area contributed by atoms with Crippen LogP contribution in [0, 0.1) is 5.41 Å². The van der Waals surface area contributed by atoms with Gasteiger partial charge in [-0.25, -0.2) is 0 Å². The van der Waals surface area contributed by atoms with Crippen LogP contribution in [0.1, 0.15) is 24.1 Å². The van der Waals surface area contributed by atoms with Gasteiger partial charge in [0.2, 0.25) is 0 Å². The highest BCUT2D eigenvalue weighted by Gasteiger charge is 2.41. The molecule has 0 saturated heterocycles. The summed E-state index contributed by atoms with van der Waals surface area (Å²) in [6.45, 7) is 2.32. The molecule has 2 rings (SSSR count). The SMILES string of the molecule is OCCC1(CNCc2cc(Br)cs2)CC1. The molecule has 0 spiro atoms. The topological polar surface area (TPSA) is 32.3 Å². The zero-order valence-corrected chi connectivity index (χ0v) is 11.0. The Hall–Kier alpha value is 0.1000. The van der Waals surface area contributed by atoms with Crippen LogP contribution >= 0.6 is 27.3 Å². The molecular weight excluding hydrogens is 274 g/mol. The Bertz CT molecular complexity index is 322. The largest absolute Gasteiger partial charge is 0.396 e. The summed E-state index contributed by atoms with van der Waals surface area (Å²) in [6.07, 6.45) is 3.50. The van der Waals surface area contributed by atoms with E-state index in [2.05, 4.69) is 32.7 Å². The molecule has 2 nitrogen and oxygen atoms in total. The molecule has 1 saturated carbocycles. The van der Waals surface area contributed by atoms with Crippen molar-refractivity contribution in [1.82, 2.24) is 5.32 Å². The first-order chi connectivity index (χ1) is 7.24. The minimum absolute atomic E-state index is 0.326. The number of aliphatic hydroxyl groups is 1. The minimum Gasteiger partial charge on any atom is -0.396 e. The summed E-state index contributed by atoms with van der Waals surface area (Å²) in [4.78, 5) is 1.36. The van der Waals surface area contributed by atoms with E-state index in [1.165, 1.54) is 22.2 Å². The van der Waals surface area contributed by atoms with E-state index in [1.807, 2.05) is 0 Å². The van der Waals surface area contributed by atoms with Gasteiger partial charge in [0.05, 0.1) is 0 Å². The second-order valence-electron chi connectivity index (χ2n) is 4.31. The van der Waals surface area contributed by atoms with E-state index in [0.717, 1.165) is 19.5 Å². The molecule has 1 aliphatic carbocycles. The van der Waals surface area contributed by atoms with Crippen LogP contribution in [0.5, 0.6) is 0 Å². The number of hydrogen-bond donors (Lipinski definition) is 2. The maximum atomic E-state index is 8.93. The summed E-state index contributed by atoms with van der Waals surface area (Å²) in [5, 5.41) is 14.5. The van der Waals surface area contributed by atoms with Gasteiger partial charge in [0.15, 0.2) is 0 Å². The van der Waals surface area contributed by atoms with Crippen molar-refractivity contribution in [3.63, 3.8) is 0 Å². The summed E-state index contributed by atoms with van der Waals surface area (Å²) in [6, 6.07) is 2.16. The number of halogens is 1. The number of aliphatic hydroxyl groups excluding tert-OH is 1. The quantitative estimate of drug-likeness (QED) is 0.844. The lowest BCUT2D eigenvalue weighted by Gasteiger charge is -2.13. The molecule has 0 radical (unpaired) electrons. The molecule has 4 heteroatoms. The third-order valence-electron chi connectivity index (χ3n) is 3.02. The van der Waals surface area contributed by atoms with E-state index >= 15 is 0 Å². The highest BCUT2D eigenvalue weighted by atomic mass is 79.9. The second-order valence-corrected chi connectivity index (χ2v) is 6.22. The first-order valence-electron chi connectivity index (χ1n) is 5.29. The van der Waals surface area contributed by atoms with E-state index in [4.69, 9.17) is 5.11 Å². The Labute approximate surface area is 103 Å². The van der Waals surface area contributed by atoms with Gasteiger partial charge in [0, 0.05) is 34.4 Å². The van der Waals surface area contributed by atoms with Crippen LogP contribution in [0.3, 0.4) is 0 Å². The fourth-order valence-corrected chi connectivity index (χ4v) is 3.25. The first kappa shape index (κ1) is 11.6. The predicted octanol–water partition coefficient (Wildman–Crippen LogP) is 2.76. The molecule has 15 heavy (non-hydrogen) atoms. The zero-order valence-electron chi connectivity index (χ0n) is 8.63. The van der Waals surface area contributed by atoms with Gasteiger partial charge in [0.1, 0.15) is 0 Å². The lowest BCUT2D eigenvalue weighted by molar-refractivity contribution is 0.245. The van der Waals surface area contributed by atoms with Crippen molar-refractivity contribution in [2.75, 3.05) is 13.2 Å². The predicted molar refractivity (Wildman–Crippen MR) is 67.1 cm³/mol. The summed E-state index contributed by atoms with van der Waals surface area (Å²) >= 11 is 5.23. The van der Waals surface area contributed by atoms with Crippen LogP contribution in [0.25, 0.3) is 0 Å². The van der Waals surface area contributed by atoms with Gasteiger partial charge in [-0.05, 0) is 46.7 Å². The van der Waals surface area contributed by atoms with E-state index in [1.54, 1.807) is 11.3 Å². The molecule has 0 aliphatic heterocycles. The summed E-state index contributed by atoms with van der Waals surface area (Å²) in [5.41, 5.74) is 0.420. The Balaban J connectivity index is 1.71.